The van der Waals surface area contributed by atoms with Crippen molar-refractivity contribution in [1.82, 2.24) is 25.9 Å². The smallest absolute Gasteiger partial charge is 0.407 e. The number of aromatic nitrogens is 4. The number of rotatable bonds is 5. The van der Waals surface area contributed by atoms with Gasteiger partial charge in [0.2, 0.25) is 0 Å². The van der Waals surface area contributed by atoms with E-state index >= 15 is 0 Å². The van der Waals surface area contributed by atoms with E-state index in [-0.39, 0.29) is 11.5 Å². The van der Waals surface area contributed by atoms with Gasteiger partial charge in [-0.15, -0.1) is 10.2 Å². The maximum atomic E-state index is 12.1. The normalized spacial score (nSPS) is 28.8. The fourth-order valence-corrected chi connectivity index (χ4v) is 4.13. The number of aromatic amines is 1. The van der Waals surface area contributed by atoms with Crippen molar-refractivity contribution < 1.29 is 9.53 Å². The Morgan fingerprint density at radius 3 is 2.92 bits per heavy atom. The molecular weight excluding hydrogens is 306 g/mol. The first-order valence-corrected chi connectivity index (χ1v) is 8.70. The van der Waals surface area contributed by atoms with E-state index in [0.29, 0.717) is 30.6 Å². The predicted octanol–water partition coefficient (Wildman–Crippen LogP) is 2.63. The molecule has 0 aliphatic heterocycles. The monoisotopic (exact) mass is 333 g/mol. The number of tetrazole rings is 1. The van der Waals surface area contributed by atoms with Crippen molar-refractivity contribution in [3.05, 3.63) is 17.5 Å². The standard InChI is InChI=1S/C17H27N5O2/c1-5-11-6-12-8-17(13(12)7-11,9-14-19-21-22-20-14)10-18-15(23)24-16(2,3)4/h7,12-13H,5-6,8-10H2,1-4H3,(H,18,23)(H,19,20,21,22). The van der Waals surface area contributed by atoms with Crippen LogP contribution in [-0.4, -0.2) is 38.9 Å². The molecule has 7 heteroatoms. The van der Waals surface area contributed by atoms with Crippen LogP contribution in [0.4, 0.5) is 4.79 Å². The molecule has 2 N–H and O–H groups in total. The second-order valence-corrected chi connectivity index (χ2v) is 8.10. The summed E-state index contributed by atoms with van der Waals surface area (Å²) in [5.74, 6) is 1.87. The molecule has 1 saturated carbocycles. The van der Waals surface area contributed by atoms with Crippen LogP contribution in [-0.2, 0) is 11.2 Å². The molecule has 2 aliphatic rings. The summed E-state index contributed by atoms with van der Waals surface area (Å²) in [4.78, 5) is 12.1. The van der Waals surface area contributed by atoms with Crippen LogP contribution >= 0.6 is 0 Å². The number of hydrogen-bond acceptors (Lipinski definition) is 5. The molecule has 1 fully saturated rings. The number of ether oxygens (including phenoxy) is 1. The number of nitrogens with zero attached hydrogens (tertiary/aromatic N) is 3. The summed E-state index contributed by atoms with van der Waals surface area (Å²) in [6.07, 6.45) is 6.11. The van der Waals surface area contributed by atoms with Crippen LogP contribution in [0.2, 0.25) is 0 Å². The molecule has 7 nitrogen and oxygen atoms in total. The molecule has 0 radical (unpaired) electrons. The van der Waals surface area contributed by atoms with Crippen molar-refractivity contribution in [3.8, 4) is 0 Å². The van der Waals surface area contributed by atoms with E-state index in [9.17, 15) is 4.79 Å². The first-order valence-electron chi connectivity index (χ1n) is 8.70. The van der Waals surface area contributed by atoms with Gasteiger partial charge in [0.25, 0.3) is 0 Å². The number of nitrogens with one attached hydrogen (secondary N) is 2. The number of carbonyl (C=O) groups excluding carboxylic acids is 1. The van der Waals surface area contributed by atoms with Gasteiger partial charge in [0.05, 0.1) is 0 Å². The number of allylic oxidation sites excluding steroid dienone is 2. The zero-order chi connectivity index (χ0) is 17.4. The molecule has 0 saturated heterocycles. The van der Waals surface area contributed by atoms with Crippen molar-refractivity contribution >= 4 is 6.09 Å². The summed E-state index contributed by atoms with van der Waals surface area (Å²) in [6, 6.07) is 0. The average molecular weight is 333 g/mol. The van der Waals surface area contributed by atoms with E-state index in [1.165, 1.54) is 12.0 Å². The van der Waals surface area contributed by atoms with E-state index in [2.05, 4.69) is 38.9 Å². The highest BCUT2D eigenvalue weighted by Gasteiger charge is 2.55. The lowest BCUT2D eigenvalue weighted by molar-refractivity contribution is -0.00625. The molecule has 2 aliphatic carbocycles. The number of H-pyrrole nitrogens is 1. The van der Waals surface area contributed by atoms with Gasteiger partial charge in [-0.1, -0.05) is 23.8 Å². The van der Waals surface area contributed by atoms with Crippen LogP contribution in [0.1, 0.15) is 52.8 Å². The van der Waals surface area contributed by atoms with Crippen LogP contribution in [0.3, 0.4) is 0 Å². The van der Waals surface area contributed by atoms with Crippen LogP contribution in [0.15, 0.2) is 11.6 Å². The molecule has 1 heterocycles. The molecule has 0 spiro atoms. The van der Waals surface area contributed by atoms with Crippen LogP contribution in [0.25, 0.3) is 0 Å². The molecule has 24 heavy (non-hydrogen) atoms. The van der Waals surface area contributed by atoms with Gasteiger partial charge in [-0.2, -0.15) is 5.21 Å². The largest absolute Gasteiger partial charge is 0.444 e. The highest BCUT2D eigenvalue weighted by atomic mass is 16.6. The summed E-state index contributed by atoms with van der Waals surface area (Å²) in [7, 11) is 0. The third kappa shape index (κ3) is 3.44. The average Bonchev–Trinajstić information content (AvgIpc) is 3.09. The SMILES string of the molecule is CCC1=CC2C(C1)CC2(CNC(=O)OC(C)(C)C)Cc1nn[nH]n1. The van der Waals surface area contributed by atoms with Crippen molar-refractivity contribution in [2.75, 3.05) is 6.54 Å². The van der Waals surface area contributed by atoms with E-state index in [1.807, 2.05) is 20.8 Å². The molecule has 3 unspecified atom stereocenters. The minimum absolute atomic E-state index is 0.0393. The quantitative estimate of drug-likeness (QED) is 0.808. The maximum Gasteiger partial charge on any atom is 0.407 e. The Morgan fingerprint density at radius 1 is 1.50 bits per heavy atom. The first kappa shape index (κ1) is 16.9. The third-order valence-corrected chi connectivity index (χ3v) is 5.16. The van der Waals surface area contributed by atoms with Crippen LogP contribution in [0.5, 0.6) is 0 Å². The predicted molar refractivity (Wildman–Crippen MR) is 89.1 cm³/mol. The van der Waals surface area contributed by atoms with E-state index in [1.54, 1.807) is 0 Å². The lowest BCUT2D eigenvalue weighted by Crippen LogP contribution is -2.54. The number of alkyl carbamates (subject to hydrolysis) is 1. The Labute approximate surface area is 142 Å². The Morgan fingerprint density at radius 2 is 2.29 bits per heavy atom. The molecule has 0 aromatic carbocycles. The van der Waals surface area contributed by atoms with Crippen LogP contribution in [0, 0.1) is 17.3 Å². The fourth-order valence-electron chi connectivity index (χ4n) is 4.13. The fraction of sp³-hybridized carbons (Fsp3) is 0.765. The van der Waals surface area contributed by atoms with Gasteiger partial charge in [-0.25, -0.2) is 4.79 Å². The first-order chi connectivity index (χ1) is 11.3. The number of hydrogen-bond donors (Lipinski definition) is 2. The van der Waals surface area contributed by atoms with Crippen molar-refractivity contribution in [2.24, 2.45) is 17.3 Å². The van der Waals surface area contributed by atoms with E-state index < -0.39 is 5.60 Å². The van der Waals surface area contributed by atoms with Crippen molar-refractivity contribution in [1.29, 1.82) is 0 Å². The lowest BCUT2D eigenvalue weighted by Gasteiger charge is -2.52. The van der Waals surface area contributed by atoms with Gasteiger partial charge in [0.15, 0.2) is 5.82 Å². The summed E-state index contributed by atoms with van der Waals surface area (Å²) in [5, 5.41) is 17.4. The third-order valence-electron chi connectivity index (χ3n) is 5.16. The minimum Gasteiger partial charge on any atom is -0.444 e. The lowest BCUT2D eigenvalue weighted by atomic mass is 9.53. The molecule has 3 rings (SSSR count). The Kier molecular flexibility index (Phi) is 4.36. The van der Waals surface area contributed by atoms with Gasteiger partial charge in [-0.05, 0) is 51.9 Å². The summed E-state index contributed by atoms with van der Waals surface area (Å²) in [6.45, 7) is 8.39. The zero-order valence-electron chi connectivity index (χ0n) is 14.9. The maximum absolute atomic E-state index is 12.1. The molecule has 1 amide bonds. The van der Waals surface area contributed by atoms with Crippen molar-refractivity contribution in [2.45, 2.75) is 59.0 Å². The Balaban J connectivity index is 1.70. The second-order valence-electron chi connectivity index (χ2n) is 8.10. The van der Waals surface area contributed by atoms with Gasteiger partial charge in [-0.3, -0.25) is 0 Å². The van der Waals surface area contributed by atoms with Crippen LogP contribution < -0.4 is 5.32 Å². The molecular formula is C17H27N5O2. The highest BCUT2D eigenvalue weighted by molar-refractivity contribution is 5.67. The Bertz CT molecular complexity index is 619. The minimum atomic E-state index is -0.490. The Hall–Kier alpha value is -1.92. The topological polar surface area (TPSA) is 92.8 Å². The van der Waals surface area contributed by atoms with Crippen molar-refractivity contribution in [3.63, 3.8) is 0 Å². The number of amides is 1. The van der Waals surface area contributed by atoms with Gasteiger partial charge < -0.3 is 10.1 Å². The zero-order valence-corrected chi connectivity index (χ0v) is 14.9. The number of carbonyl (C=O) groups is 1. The summed E-state index contributed by atoms with van der Waals surface area (Å²) >= 11 is 0. The van der Waals surface area contributed by atoms with Gasteiger partial charge >= 0.3 is 6.09 Å². The molecule has 1 aromatic heterocycles. The summed E-state index contributed by atoms with van der Waals surface area (Å²) in [5.41, 5.74) is 0.996. The molecule has 0 bridgehead atoms. The second kappa shape index (κ2) is 6.18. The summed E-state index contributed by atoms with van der Waals surface area (Å²) < 4.78 is 5.38. The van der Waals surface area contributed by atoms with E-state index in [0.717, 1.165) is 12.8 Å². The highest BCUT2D eigenvalue weighted by Crippen LogP contribution is 2.59. The number of fused-ring (bicyclic) bond motifs is 1. The van der Waals surface area contributed by atoms with Gasteiger partial charge in [0.1, 0.15) is 5.60 Å². The molecule has 1 aromatic rings. The van der Waals surface area contributed by atoms with Gasteiger partial charge in [0, 0.05) is 18.4 Å². The molecule has 3 atom stereocenters. The van der Waals surface area contributed by atoms with E-state index in [4.69, 9.17) is 4.74 Å². The molecule has 132 valence electrons.